The van der Waals surface area contributed by atoms with Crippen LogP contribution in [-0.2, 0) is 21.2 Å². The summed E-state index contributed by atoms with van der Waals surface area (Å²) in [7, 11) is -3.61. The van der Waals surface area contributed by atoms with Gasteiger partial charge in [0.25, 0.3) is 0 Å². The fourth-order valence-corrected chi connectivity index (χ4v) is 4.55. The first kappa shape index (κ1) is 21.9. The average Bonchev–Trinajstić information content (AvgIpc) is 2.86. The van der Waals surface area contributed by atoms with Gasteiger partial charge in [0, 0.05) is 31.2 Å². The molecule has 8 heteroatoms. The number of hydrogen-bond donors (Lipinski definition) is 2. The van der Waals surface area contributed by atoms with Gasteiger partial charge in [0.2, 0.25) is 15.9 Å². The largest absolute Gasteiger partial charge is 0.329 e. The van der Waals surface area contributed by atoms with Crippen molar-refractivity contribution >= 4 is 34.0 Å². The molecule has 0 radical (unpaired) electrons. The van der Waals surface area contributed by atoms with Gasteiger partial charge in [-0.3, -0.25) is 4.79 Å². The maximum Gasteiger partial charge on any atom is 0.240 e. The molecule has 3 N–H and O–H groups in total. The van der Waals surface area contributed by atoms with Crippen LogP contribution in [-0.4, -0.2) is 33.0 Å². The molecule has 2 unspecified atom stereocenters. The van der Waals surface area contributed by atoms with Crippen LogP contribution in [0.3, 0.4) is 0 Å². The Morgan fingerprint density at radius 2 is 2.12 bits per heavy atom. The molecule has 1 heterocycles. The lowest BCUT2D eigenvalue weighted by Crippen LogP contribution is -2.40. The standard InChI is InChI=1S/C17H27N3O3S.ClH/c1-4-5-6-15(11-18)19-24(22,23)16-7-8-17-14(10-16)9-12(2)20(17)13(3)21;/h7-8,10,12,15,19H,4-6,9,11,18H2,1-3H3;1H. The minimum absolute atomic E-state index is 0. The summed E-state index contributed by atoms with van der Waals surface area (Å²) in [6, 6.07) is 4.74. The SMILES string of the molecule is CCCCC(CN)NS(=O)(=O)c1ccc2c(c1)CC(C)N2C(C)=O.Cl. The molecule has 0 bridgehead atoms. The summed E-state index contributed by atoms with van der Waals surface area (Å²) in [5, 5.41) is 0. The zero-order valence-electron chi connectivity index (χ0n) is 15.0. The molecule has 2 rings (SSSR count). The van der Waals surface area contributed by atoms with E-state index in [2.05, 4.69) is 11.6 Å². The molecular weight excluding hydrogens is 362 g/mol. The number of nitrogens with one attached hydrogen (secondary N) is 1. The third-order valence-electron chi connectivity index (χ3n) is 4.43. The van der Waals surface area contributed by atoms with E-state index in [1.165, 1.54) is 6.92 Å². The van der Waals surface area contributed by atoms with Crippen molar-refractivity contribution < 1.29 is 13.2 Å². The Morgan fingerprint density at radius 3 is 2.68 bits per heavy atom. The normalized spacial score (nSPS) is 17.8. The number of amides is 1. The molecule has 142 valence electrons. The van der Waals surface area contributed by atoms with Crippen LogP contribution in [0.5, 0.6) is 0 Å². The third kappa shape index (κ3) is 4.94. The maximum absolute atomic E-state index is 12.6. The van der Waals surface area contributed by atoms with Crippen molar-refractivity contribution in [1.29, 1.82) is 0 Å². The highest BCUT2D eigenvalue weighted by Gasteiger charge is 2.30. The Kier molecular flexibility index (Phi) is 7.87. The number of rotatable bonds is 7. The smallest absolute Gasteiger partial charge is 0.240 e. The highest BCUT2D eigenvalue weighted by atomic mass is 35.5. The Bertz CT molecular complexity index is 709. The quantitative estimate of drug-likeness (QED) is 0.747. The zero-order chi connectivity index (χ0) is 17.9. The van der Waals surface area contributed by atoms with E-state index in [4.69, 9.17) is 5.73 Å². The van der Waals surface area contributed by atoms with Gasteiger partial charge in [0.1, 0.15) is 0 Å². The van der Waals surface area contributed by atoms with Crippen molar-refractivity contribution in [2.24, 2.45) is 5.73 Å². The molecule has 1 aromatic rings. The number of unbranched alkanes of at least 4 members (excludes halogenated alkanes) is 1. The summed E-state index contributed by atoms with van der Waals surface area (Å²) in [5.74, 6) is -0.0299. The molecular formula is C17H28ClN3O3S. The number of halogens is 1. The number of benzene rings is 1. The molecule has 0 spiro atoms. The van der Waals surface area contributed by atoms with E-state index in [0.29, 0.717) is 6.42 Å². The van der Waals surface area contributed by atoms with Crippen molar-refractivity contribution in [3.63, 3.8) is 0 Å². The summed E-state index contributed by atoms with van der Waals surface area (Å²) in [6.07, 6.45) is 3.32. The summed E-state index contributed by atoms with van der Waals surface area (Å²) in [5.41, 5.74) is 7.38. The minimum Gasteiger partial charge on any atom is -0.329 e. The van der Waals surface area contributed by atoms with Gasteiger partial charge in [0.05, 0.1) is 4.90 Å². The first-order valence-corrected chi connectivity index (χ1v) is 9.93. The third-order valence-corrected chi connectivity index (χ3v) is 5.95. The predicted octanol–water partition coefficient (Wildman–Crippen LogP) is 2.20. The lowest BCUT2D eigenvalue weighted by atomic mass is 10.1. The lowest BCUT2D eigenvalue weighted by molar-refractivity contribution is -0.116. The van der Waals surface area contributed by atoms with E-state index in [0.717, 1.165) is 30.5 Å². The number of carbonyl (C=O) groups is 1. The highest BCUT2D eigenvalue weighted by molar-refractivity contribution is 7.89. The van der Waals surface area contributed by atoms with E-state index >= 15 is 0 Å². The van der Waals surface area contributed by atoms with Crippen LogP contribution in [0.4, 0.5) is 5.69 Å². The summed E-state index contributed by atoms with van der Waals surface area (Å²) < 4.78 is 27.9. The van der Waals surface area contributed by atoms with Crippen molar-refractivity contribution in [3.05, 3.63) is 23.8 Å². The van der Waals surface area contributed by atoms with Gasteiger partial charge in [-0.1, -0.05) is 19.8 Å². The summed E-state index contributed by atoms with van der Waals surface area (Å²) in [6.45, 7) is 5.82. The molecule has 1 aliphatic rings. The van der Waals surface area contributed by atoms with Gasteiger partial charge in [-0.05, 0) is 43.5 Å². The van der Waals surface area contributed by atoms with Gasteiger partial charge in [-0.25, -0.2) is 13.1 Å². The lowest BCUT2D eigenvalue weighted by Gasteiger charge is -2.21. The monoisotopic (exact) mass is 389 g/mol. The molecule has 0 saturated carbocycles. The van der Waals surface area contributed by atoms with Crippen LogP contribution in [0.15, 0.2) is 23.1 Å². The molecule has 0 aromatic heterocycles. The Labute approximate surface area is 156 Å². The summed E-state index contributed by atoms with van der Waals surface area (Å²) >= 11 is 0. The van der Waals surface area contributed by atoms with E-state index in [1.807, 2.05) is 6.92 Å². The second-order valence-electron chi connectivity index (χ2n) is 6.43. The molecule has 0 saturated heterocycles. The minimum atomic E-state index is -3.61. The van der Waals surface area contributed by atoms with Crippen LogP contribution in [0.2, 0.25) is 0 Å². The van der Waals surface area contributed by atoms with Gasteiger partial charge in [-0.15, -0.1) is 12.4 Å². The van der Waals surface area contributed by atoms with E-state index < -0.39 is 10.0 Å². The van der Waals surface area contributed by atoms with Crippen molar-refractivity contribution in [3.8, 4) is 0 Å². The van der Waals surface area contributed by atoms with Crippen molar-refractivity contribution in [2.45, 2.75) is 63.4 Å². The van der Waals surface area contributed by atoms with E-state index in [-0.39, 0.29) is 41.8 Å². The molecule has 1 aromatic carbocycles. The second kappa shape index (κ2) is 8.98. The van der Waals surface area contributed by atoms with Crippen LogP contribution < -0.4 is 15.4 Å². The number of sulfonamides is 1. The Morgan fingerprint density at radius 1 is 1.44 bits per heavy atom. The van der Waals surface area contributed by atoms with Crippen LogP contribution in [0.25, 0.3) is 0 Å². The topological polar surface area (TPSA) is 92.5 Å². The molecule has 25 heavy (non-hydrogen) atoms. The van der Waals surface area contributed by atoms with E-state index in [9.17, 15) is 13.2 Å². The first-order valence-electron chi connectivity index (χ1n) is 8.45. The Hall–Kier alpha value is -1.15. The molecule has 2 atom stereocenters. The number of nitrogens with two attached hydrogens (primary N) is 1. The van der Waals surface area contributed by atoms with Gasteiger partial charge in [0.15, 0.2) is 0 Å². The summed E-state index contributed by atoms with van der Waals surface area (Å²) in [4.78, 5) is 13.7. The molecule has 1 aliphatic heterocycles. The first-order chi connectivity index (χ1) is 11.3. The number of hydrogen-bond acceptors (Lipinski definition) is 4. The number of fused-ring (bicyclic) bond motifs is 1. The van der Waals surface area contributed by atoms with E-state index in [1.54, 1.807) is 23.1 Å². The van der Waals surface area contributed by atoms with Crippen LogP contribution in [0, 0.1) is 0 Å². The van der Waals surface area contributed by atoms with Gasteiger partial charge >= 0.3 is 0 Å². The van der Waals surface area contributed by atoms with Crippen molar-refractivity contribution in [2.75, 3.05) is 11.4 Å². The van der Waals surface area contributed by atoms with Crippen molar-refractivity contribution in [1.82, 2.24) is 4.72 Å². The molecule has 0 fully saturated rings. The van der Waals surface area contributed by atoms with Gasteiger partial charge in [-0.2, -0.15) is 0 Å². The number of anilines is 1. The van der Waals surface area contributed by atoms with Crippen LogP contribution >= 0.6 is 12.4 Å². The molecule has 1 amide bonds. The molecule has 0 aliphatic carbocycles. The van der Waals surface area contributed by atoms with Gasteiger partial charge < -0.3 is 10.6 Å². The second-order valence-corrected chi connectivity index (χ2v) is 8.14. The fraction of sp³-hybridized carbons (Fsp3) is 0.588. The number of carbonyl (C=O) groups excluding carboxylic acids is 1. The maximum atomic E-state index is 12.6. The fourth-order valence-electron chi connectivity index (χ4n) is 3.22. The number of nitrogens with zero attached hydrogens (tertiary/aromatic N) is 1. The highest BCUT2D eigenvalue weighted by Crippen LogP contribution is 2.33. The molecule has 6 nitrogen and oxygen atoms in total. The average molecular weight is 390 g/mol. The zero-order valence-corrected chi connectivity index (χ0v) is 16.6. The predicted molar refractivity (Wildman–Crippen MR) is 103 cm³/mol. The van der Waals surface area contributed by atoms with Crippen LogP contribution in [0.1, 0.15) is 45.6 Å². The Balaban J connectivity index is 0.00000312.